The van der Waals surface area contributed by atoms with Gasteiger partial charge in [0.1, 0.15) is 5.82 Å². The number of carbonyl (C=O) groups is 1. The summed E-state index contributed by atoms with van der Waals surface area (Å²) in [4.78, 5) is 26.8. The predicted octanol–water partition coefficient (Wildman–Crippen LogP) is 2.08. The van der Waals surface area contributed by atoms with Gasteiger partial charge in [0.15, 0.2) is 11.5 Å². The summed E-state index contributed by atoms with van der Waals surface area (Å²) in [6.45, 7) is 2.94. The fourth-order valence-corrected chi connectivity index (χ4v) is 3.84. The molecule has 27 heavy (non-hydrogen) atoms. The minimum Gasteiger partial charge on any atom is -0.483 e. The number of fused-ring (bicyclic) bond motifs is 2. The summed E-state index contributed by atoms with van der Waals surface area (Å²) in [5.74, 6) is 2.10. The van der Waals surface area contributed by atoms with E-state index >= 15 is 0 Å². The van der Waals surface area contributed by atoms with E-state index in [2.05, 4.69) is 42.3 Å². The molecule has 0 unspecified atom stereocenters. The molecule has 3 aromatic heterocycles. The molecule has 0 aromatic carbocycles. The van der Waals surface area contributed by atoms with Crippen LogP contribution >= 0.6 is 0 Å². The van der Waals surface area contributed by atoms with E-state index in [9.17, 15) is 0 Å². The van der Waals surface area contributed by atoms with Crippen molar-refractivity contribution in [2.24, 2.45) is 0 Å². The molecule has 0 bridgehead atoms. The quantitative estimate of drug-likeness (QED) is 0.695. The maximum absolute atomic E-state index is 8.36. The molecule has 5 heterocycles. The molecule has 2 aliphatic rings. The second-order valence-corrected chi connectivity index (χ2v) is 6.77. The van der Waals surface area contributed by atoms with Crippen molar-refractivity contribution in [2.75, 3.05) is 36.5 Å². The zero-order valence-corrected chi connectivity index (χ0v) is 15.2. The number of likely N-dealkylation sites (N-methyl/N-ethyl adjacent to an activating group) is 1. The first kappa shape index (κ1) is 17.3. The van der Waals surface area contributed by atoms with Crippen LogP contribution in [0.4, 0.5) is 11.6 Å². The Balaban J connectivity index is 0.000000565. The van der Waals surface area contributed by atoms with E-state index in [0.29, 0.717) is 0 Å². The van der Waals surface area contributed by atoms with Gasteiger partial charge in [-0.2, -0.15) is 0 Å². The molecule has 8 heteroatoms. The Kier molecular flexibility index (Phi) is 4.62. The number of imidazole rings is 1. The van der Waals surface area contributed by atoms with Crippen LogP contribution in [-0.4, -0.2) is 57.6 Å². The maximum Gasteiger partial charge on any atom is 0.290 e. The Morgan fingerprint density at radius 3 is 2.63 bits per heavy atom. The fourth-order valence-electron chi connectivity index (χ4n) is 3.84. The second-order valence-electron chi connectivity index (χ2n) is 6.77. The van der Waals surface area contributed by atoms with Crippen molar-refractivity contribution in [3.8, 4) is 11.3 Å². The van der Waals surface area contributed by atoms with Gasteiger partial charge in [0.25, 0.3) is 6.47 Å². The van der Waals surface area contributed by atoms with Crippen LogP contribution in [0.3, 0.4) is 0 Å². The predicted molar refractivity (Wildman–Crippen MR) is 103 cm³/mol. The van der Waals surface area contributed by atoms with E-state index in [-0.39, 0.29) is 6.47 Å². The average molecular weight is 366 g/mol. The smallest absolute Gasteiger partial charge is 0.290 e. The van der Waals surface area contributed by atoms with Gasteiger partial charge in [-0.05, 0) is 30.9 Å². The third-order valence-corrected chi connectivity index (χ3v) is 5.13. The normalized spacial score (nSPS) is 15.6. The lowest BCUT2D eigenvalue weighted by Gasteiger charge is -2.16. The Morgan fingerprint density at radius 2 is 1.85 bits per heavy atom. The van der Waals surface area contributed by atoms with Crippen molar-refractivity contribution in [3.63, 3.8) is 0 Å². The molecule has 2 aliphatic heterocycles. The van der Waals surface area contributed by atoms with Crippen LogP contribution < -0.4 is 9.80 Å². The highest BCUT2D eigenvalue weighted by Gasteiger charge is 2.21. The van der Waals surface area contributed by atoms with Gasteiger partial charge < -0.3 is 14.9 Å². The highest BCUT2D eigenvalue weighted by molar-refractivity contribution is 5.72. The van der Waals surface area contributed by atoms with Crippen LogP contribution in [0.25, 0.3) is 16.9 Å². The Morgan fingerprint density at radius 1 is 1.07 bits per heavy atom. The van der Waals surface area contributed by atoms with Gasteiger partial charge in [-0.15, -0.1) is 0 Å². The average Bonchev–Trinajstić information content (AvgIpc) is 3.42. The van der Waals surface area contributed by atoms with Gasteiger partial charge in [0.2, 0.25) is 0 Å². The lowest BCUT2D eigenvalue weighted by Crippen LogP contribution is -2.19. The number of nitrogens with zero attached hydrogens (tertiary/aromatic N) is 6. The van der Waals surface area contributed by atoms with Crippen LogP contribution in [0.15, 0.2) is 30.9 Å². The van der Waals surface area contributed by atoms with Crippen LogP contribution in [0.1, 0.15) is 18.4 Å². The van der Waals surface area contributed by atoms with Crippen molar-refractivity contribution in [2.45, 2.75) is 19.3 Å². The van der Waals surface area contributed by atoms with Crippen molar-refractivity contribution in [1.82, 2.24) is 19.4 Å². The first-order valence-corrected chi connectivity index (χ1v) is 9.08. The molecular weight excluding hydrogens is 344 g/mol. The van der Waals surface area contributed by atoms with E-state index in [1.807, 2.05) is 24.8 Å². The standard InChI is InChI=1S/C18H20N6.CH2O2/c1-22-8-4-13-10-14(11-20-16(13)22)15-12-21-18-17(19-5-9-24(15)18)23-6-2-3-7-23;2-1-3/h5,9-12H,2-4,6-8H2,1H3;1H,(H,2,3). The first-order valence-electron chi connectivity index (χ1n) is 9.08. The molecule has 0 atom stereocenters. The van der Waals surface area contributed by atoms with Crippen molar-refractivity contribution >= 4 is 23.8 Å². The van der Waals surface area contributed by atoms with E-state index in [4.69, 9.17) is 9.90 Å². The highest BCUT2D eigenvalue weighted by atomic mass is 16.3. The monoisotopic (exact) mass is 366 g/mol. The van der Waals surface area contributed by atoms with Gasteiger partial charge in [-0.25, -0.2) is 15.0 Å². The first-order chi connectivity index (χ1) is 13.2. The van der Waals surface area contributed by atoms with Crippen molar-refractivity contribution < 1.29 is 9.90 Å². The summed E-state index contributed by atoms with van der Waals surface area (Å²) >= 11 is 0. The number of rotatable bonds is 2. The number of carboxylic acid groups (broad SMARTS) is 1. The van der Waals surface area contributed by atoms with Crippen LogP contribution in [0, 0.1) is 0 Å². The summed E-state index contributed by atoms with van der Waals surface area (Å²) in [6.07, 6.45) is 11.3. The molecule has 1 fully saturated rings. The molecule has 0 radical (unpaired) electrons. The van der Waals surface area contributed by atoms with Crippen LogP contribution in [0.2, 0.25) is 0 Å². The summed E-state index contributed by atoms with van der Waals surface area (Å²) < 4.78 is 2.14. The molecule has 0 amide bonds. The molecular formula is C19H22N6O2. The van der Waals surface area contributed by atoms with Gasteiger partial charge in [-0.1, -0.05) is 0 Å². The van der Waals surface area contributed by atoms with Gasteiger partial charge in [-0.3, -0.25) is 9.20 Å². The second kappa shape index (κ2) is 7.22. The summed E-state index contributed by atoms with van der Waals surface area (Å²) in [6, 6.07) is 2.26. The fraction of sp³-hybridized carbons (Fsp3) is 0.368. The number of pyridine rings is 1. The lowest BCUT2D eigenvalue weighted by atomic mass is 10.1. The Hall–Kier alpha value is -3.16. The van der Waals surface area contributed by atoms with Crippen molar-refractivity contribution in [3.05, 3.63) is 36.4 Å². The van der Waals surface area contributed by atoms with Gasteiger partial charge in [0, 0.05) is 50.8 Å². The molecule has 0 spiro atoms. The molecule has 5 rings (SSSR count). The van der Waals surface area contributed by atoms with Crippen molar-refractivity contribution in [1.29, 1.82) is 0 Å². The van der Waals surface area contributed by atoms with E-state index in [1.54, 1.807) is 0 Å². The third-order valence-electron chi connectivity index (χ3n) is 5.13. The largest absolute Gasteiger partial charge is 0.483 e. The van der Waals surface area contributed by atoms with E-state index in [1.165, 1.54) is 18.4 Å². The molecule has 1 saturated heterocycles. The zero-order valence-electron chi connectivity index (χ0n) is 15.2. The molecule has 8 nitrogen and oxygen atoms in total. The highest BCUT2D eigenvalue weighted by Crippen LogP contribution is 2.31. The minimum absolute atomic E-state index is 0.250. The zero-order chi connectivity index (χ0) is 18.8. The summed E-state index contributed by atoms with van der Waals surface area (Å²) in [5, 5.41) is 6.89. The number of aromatic nitrogens is 4. The number of hydrogen-bond donors (Lipinski definition) is 1. The van der Waals surface area contributed by atoms with Gasteiger partial charge >= 0.3 is 0 Å². The summed E-state index contributed by atoms with van der Waals surface area (Å²) in [5.41, 5.74) is 4.46. The summed E-state index contributed by atoms with van der Waals surface area (Å²) in [7, 11) is 2.10. The Bertz CT molecular complexity index is 964. The maximum atomic E-state index is 8.36. The molecule has 3 aromatic rings. The number of anilines is 2. The molecule has 140 valence electrons. The lowest BCUT2D eigenvalue weighted by molar-refractivity contribution is -0.122. The van der Waals surface area contributed by atoms with Crippen LogP contribution in [0.5, 0.6) is 0 Å². The molecule has 0 saturated carbocycles. The SMILES string of the molecule is CN1CCc2cc(-c3cnc4c(N5CCCC5)nccn34)cnc21.O=CO. The molecule has 0 aliphatic carbocycles. The van der Waals surface area contributed by atoms with Gasteiger partial charge in [0.05, 0.1) is 11.9 Å². The van der Waals surface area contributed by atoms with E-state index < -0.39 is 0 Å². The third kappa shape index (κ3) is 3.07. The topological polar surface area (TPSA) is 86.9 Å². The number of hydrogen-bond acceptors (Lipinski definition) is 6. The Labute approximate surface area is 157 Å². The van der Waals surface area contributed by atoms with E-state index in [0.717, 1.165) is 54.6 Å². The van der Waals surface area contributed by atoms with Crippen LogP contribution in [-0.2, 0) is 11.2 Å². The molecule has 1 N–H and O–H groups in total. The minimum atomic E-state index is -0.250.